The van der Waals surface area contributed by atoms with Gasteiger partial charge in [-0.1, -0.05) is 26.2 Å². The van der Waals surface area contributed by atoms with Crippen molar-refractivity contribution < 1.29 is 10.1 Å². The van der Waals surface area contributed by atoms with Gasteiger partial charge in [0, 0.05) is 6.04 Å². The van der Waals surface area contributed by atoms with Crippen molar-refractivity contribution in [1.29, 1.82) is 0 Å². The molecule has 0 saturated carbocycles. The zero-order valence-corrected chi connectivity index (χ0v) is 9.11. The molecule has 0 fully saturated rings. The Bertz CT molecular complexity index is 109. The van der Waals surface area contributed by atoms with Crippen molar-refractivity contribution in [2.75, 3.05) is 0 Å². The van der Waals surface area contributed by atoms with E-state index in [2.05, 4.69) is 11.8 Å². The van der Waals surface area contributed by atoms with Crippen LogP contribution < -0.4 is 11.5 Å². The molecule has 0 rings (SSSR count). The molecule has 2 atom stereocenters. The molecule has 4 nitrogen and oxygen atoms in total. The first-order valence-electron chi connectivity index (χ1n) is 5.52. The lowest BCUT2D eigenvalue weighted by atomic mass is 10.1. The van der Waals surface area contributed by atoms with Crippen LogP contribution in [0.1, 0.15) is 51.9 Å². The second-order valence-electron chi connectivity index (χ2n) is 3.80. The number of hydrogen-bond acceptors (Lipinski definition) is 4. The molecule has 4 heteroatoms. The lowest BCUT2D eigenvalue weighted by Crippen LogP contribution is -2.21. The lowest BCUT2D eigenvalue weighted by molar-refractivity contribution is -0.278. The average molecular weight is 204 g/mol. The zero-order chi connectivity index (χ0) is 10.8. The van der Waals surface area contributed by atoms with Crippen LogP contribution in [0, 0.1) is 0 Å². The standard InChI is InChI=1S/C10H24N2O2/c1-2-9(11)7-5-3-4-6-8-10(12)14-13/h9-10,13H,2-8,11-12H2,1H3. The van der Waals surface area contributed by atoms with Gasteiger partial charge in [0.05, 0.1) is 0 Å². The quantitative estimate of drug-likeness (QED) is 0.232. The Hall–Kier alpha value is -0.160. The van der Waals surface area contributed by atoms with Gasteiger partial charge in [0.15, 0.2) is 0 Å². The molecular formula is C10H24N2O2. The van der Waals surface area contributed by atoms with Crippen molar-refractivity contribution >= 4 is 0 Å². The molecule has 0 radical (unpaired) electrons. The minimum Gasteiger partial charge on any atom is -0.328 e. The third-order valence-electron chi connectivity index (χ3n) is 2.47. The molecule has 0 aromatic rings. The average Bonchev–Trinajstić information content (AvgIpc) is 2.22. The Labute approximate surface area is 86.5 Å². The van der Waals surface area contributed by atoms with E-state index in [9.17, 15) is 0 Å². The summed E-state index contributed by atoms with van der Waals surface area (Å²) < 4.78 is 0. The van der Waals surface area contributed by atoms with Crippen molar-refractivity contribution in [3.05, 3.63) is 0 Å². The molecule has 0 aromatic heterocycles. The Kier molecular flexibility index (Phi) is 9.29. The van der Waals surface area contributed by atoms with E-state index in [0.717, 1.165) is 32.1 Å². The highest BCUT2D eigenvalue weighted by Crippen LogP contribution is 2.08. The Balaban J connectivity index is 3.06. The predicted octanol–water partition coefficient (Wildman–Crippen LogP) is 1.84. The van der Waals surface area contributed by atoms with Gasteiger partial charge in [-0.2, -0.15) is 0 Å². The Morgan fingerprint density at radius 2 is 1.64 bits per heavy atom. The molecule has 0 aliphatic rings. The first-order chi connectivity index (χ1) is 6.70. The van der Waals surface area contributed by atoms with E-state index in [4.69, 9.17) is 16.7 Å². The summed E-state index contributed by atoms with van der Waals surface area (Å²) in [5.74, 6) is 0. The molecular weight excluding hydrogens is 180 g/mol. The summed E-state index contributed by atoms with van der Waals surface area (Å²) in [5.41, 5.74) is 11.1. The van der Waals surface area contributed by atoms with Gasteiger partial charge in [-0.05, 0) is 25.7 Å². The van der Waals surface area contributed by atoms with Gasteiger partial charge in [0.1, 0.15) is 6.23 Å². The lowest BCUT2D eigenvalue weighted by Gasteiger charge is -2.08. The second-order valence-corrected chi connectivity index (χ2v) is 3.80. The summed E-state index contributed by atoms with van der Waals surface area (Å²) in [4.78, 5) is 3.97. The summed E-state index contributed by atoms with van der Waals surface area (Å²) in [7, 11) is 0. The van der Waals surface area contributed by atoms with Gasteiger partial charge < -0.3 is 11.5 Å². The van der Waals surface area contributed by atoms with Crippen molar-refractivity contribution in [1.82, 2.24) is 0 Å². The van der Waals surface area contributed by atoms with Gasteiger partial charge in [-0.25, -0.2) is 4.89 Å². The molecule has 0 bridgehead atoms. The minimum atomic E-state index is -0.520. The molecule has 0 amide bonds. The van der Waals surface area contributed by atoms with E-state index in [1.165, 1.54) is 12.8 Å². The summed E-state index contributed by atoms with van der Waals surface area (Å²) in [6, 6.07) is 0.359. The maximum atomic E-state index is 8.20. The monoisotopic (exact) mass is 204 g/mol. The predicted molar refractivity (Wildman–Crippen MR) is 57.7 cm³/mol. The number of nitrogens with two attached hydrogens (primary N) is 2. The van der Waals surface area contributed by atoms with E-state index in [0.29, 0.717) is 6.04 Å². The molecule has 5 N–H and O–H groups in total. The summed E-state index contributed by atoms with van der Waals surface area (Å²) in [6.07, 6.45) is 6.87. The largest absolute Gasteiger partial charge is 0.328 e. The number of hydrogen-bond donors (Lipinski definition) is 3. The maximum absolute atomic E-state index is 8.20. The van der Waals surface area contributed by atoms with Crippen molar-refractivity contribution in [2.45, 2.75) is 64.1 Å². The molecule has 2 unspecified atom stereocenters. The van der Waals surface area contributed by atoms with Gasteiger partial charge >= 0.3 is 0 Å². The van der Waals surface area contributed by atoms with Crippen LogP contribution in [0.2, 0.25) is 0 Å². The highest BCUT2D eigenvalue weighted by Gasteiger charge is 2.01. The van der Waals surface area contributed by atoms with E-state index >= 15 is 0 Å². The van der Waals surface area contributed by atoms with E-state index in [1.807, 2.05) is 0 Å². The molecule has 0 aliphatic carbocycles. The number of unbranched alkanes of at least 4 members (excludes halogenated alkanes) is 3. The third kappa shape index (κ3) is 8.44. The molecule has 0 heterocycles. The van der Waals surface area contributed by atoms with Crippen LogP contribution in [0.15, 0.2) is 0 Å². The minimum absolute atomic E-state index is 0.359. The molecule has 0 saturated heterocycles. The van der Waals surface area contributed by atoms with Crippen molar-refractivity contribution in [2.24, 2.45) is 11.5 Å². The zero-order valence-electron chi connectivity index (χ0n) is 9.11. The van der Waals surface area contributed by atoms with Crippen LogP contribution in [0.4, 0.5) is 0 Å². The van der Waals surface area contributed by atoms with Gasteiger partial charge in [0.25, 0.3) is 0 Å². The molecule has 0 aromatic carbocycles. The van der Waals surface area contributed by atoms with Gasteiger partial charge in [-0.15, -0.1) is 0 Å². The smallest absolute Gasteiger partial charge is 0.141 e. The van der Waals surface area contributed by atoms with Crippen molar-refractivity contribution in [3.8, 4) is 0 Å². The molecule has 14 heavy (non-hydrogen) atoms. The fraction of sp³-hybridized carbons (Fsp3) is 1.00. The fourth-order valence-electron chi connectivity index (χ4n) is 1.36. The van der Waals surface area contributed by atoms with Crippen LogP contribution in [0.5, 0.6) is 0 Å². The van der Waals surface area contributed by atoms with Gasteiger partial charge in [0.2, 0.25) is 0 Å². The molecule has 86 valence electrons. The normalized spacial score (nSPS) is 15.4. The highest BCUT2D eigenvalue weighted by atomic mass is 17.1. The summed E-state index contributed by atoms with van der Waals surface area (Å²) in [5, 5.41) is 8.20. The summed E-state index contributed by atoms with van der Waals surface area (Å²) in [6.45, 7) is 2.11. The maximum Gasteiger partial charge on any atom is 0.141 e. The molecule has 0 aliphatic heterocycles. The van der Waals surface area contributed by atoms with Crippen molar-refractivity contribution in [3.63, 3.8) is 0 Å². The Morgan fingerprint density at radius 3 is 2.14 bits per heavy atom. The Morgan fingerprint density at radius 1 is 1.07 bits per heavy atom. The van der Waals surface area contributed by atoms with Gasteiger partial charge in [-0.3, -0.25) is 5.26 Å². The second kappa shape index (κ2) is 9.40. The van der Waals surface area contributed by atoms with Crippen LogP contribution in [-0.4, -0.2) is 17.5 Å². The number of rotatable bonds is 9. The van der Waals surface area contributed by atoms with Crippen LogP contribution in [0.3, 0.4) is 0 Å². The first-order valence-corrected chi connectivity index (χ1v) is 5.52. The van der Waals surface area contributed by atoms with E-state index < -0.39 is 6.23 Å². The summed E-state index contributed by atoms with van der Waals surface area (Å²) >= 11 is 0. The fourth-order valence-corrected chi connectivity index (χ4v) is 1.36. The highest BCUT2D eigenvalue weighted by molar-refractivity contribution is 4.58. The molecule has 0 spiro atoms. The first kappa shape index (κ1) is 13.8. The third-order valence-corrected chi connectivity index (χ3v) is 2.47. The van der Waals surface area contributed by atoms with Crippen LogP contribution in [-0.2, 0) is 4.89 Å². The SMILES string of the molecule is CCC(N)CCCCCCC(N)OO. The van der Waals surface area contributed by atoms with E-state index in [-0.39, 0.29) is 0 Å². The topological polar surface area (TPSA) is 81.5 Å². The van der Waals surface area contributed by atoms with Crippen LogP contribution >= 0.6 is 0 Å². The van der Waals surface area contributed by atoms with Crippen LogP contribution in [0.25, 0.3) is 0 Å². The van der Waals surface area contributed by atoms with E-state index in [1.54, 1.807) is 0 Å².